The molecule has 0 saturated carbocycles. The van der Waals surface area contributed by atoms with Crippen molar-refractivity contribution < 1.29 is 4.79 Å². The summed E-state index contributed by atoms with van der Waals surface area (Å²) in [5, 5.41) is 6.11. The molecule has 22 heavy (non-hydrogen) atoms. The van der Waals surface area contributed by atoms with Crippen LogP contribution in [-0.4, -0.2) is 16.9 Å². The van der Waals surface area contributed by atoms with E-state index in [2.05, 4.69) is 29.5 Å². The van der Waals surface area contributed by atoms with E-state index in [1.807, 2.05) is 38.1 Å². The predicted octanol–water partition coefficient (Wildman–Crippen LogP) is 4.28. The van der Waals surface area contributed by atoms with Gasteiger partial charge in [-0.25, -0.2) is 4.98 Å². The van der Waals surface area contributed by atoms with E-state index in [9.17, 15) is 4.79 Å². The van der Waals surface area contributed by atoms with Crippen LogP contribution in [0.4, 0.5) is 11.5 Å². The first-order chi connectivity index (χ1) is 10.5. The Morgan fingerprint density at radius 3 is 2.32 bits per heavy atom. The zero-order chi connectivity index (χ0) is 16.1. The minimum absolute atomic E-state index is 0.159. The van der Waals surface area contributed by atoms with Crippen molar-refractivity contribution in [2.75, 3.05) is 10.6 Å². The van der Waals surface area contributed by atoms with Crippen molar-refractivity contribution in [3.8, 4) is 0 Å². The van der Waals surface area contributed by atoms with Gasteiger partial charge in [-0.2, -0.15) is 0 Å². The van der Waals surface area contributed by atoms with Gasteiger partial charge in [-0.3, -0.25) is 4.79 Å². The molecule has 0 radical (unpaired) electrons. The molecular formula is C18H23N3O. The van der Waals surface area contributed by atoms with Gasteiger partial charge in [-0.15, -0.1) is 0 Å². The minimum Gasteiger partial charge on any atom is -0.367 e. The average molecular weight is 297 g/mol. The second-order valence-electron chi connectivity index (χ2n) is 5.93. The number of hydrogen-bond donors (Lipinski definition) is 2. The quantitative estimate of drug-likeness (QED) is 0.866. The number of anilines is 2. The summed E-state index contributed by atoms with van der Waals surface area (Å²) in [6.45, 7) is 8.32. The molecule has 2 rings (SSSR count). The number of hydrogen-bond acceptors (Lipinski definition) is 3. The average Bonchev–Trinajstić information content (AvgIpc) is 2.47. The summed E-state index contributed by atoms with van der Waals surface area (Å²) in [6, 6.07) is 11.7. The Morgan fingerprint density at radius 2 is 1.73 bits per heavy atom. The van der Waals surface area contributed by atoms with Gasteiger partial charge in [-0.05, 0) is 49.6 Å². The SMILES string of the molecule is CC(C)Nc1ncccc1C(=O)Nc1ccc(C(C)C)cc1. The van der Waals surface area contributed by atoms with E-state index in [1.165, 1.54) is 5.56 Å². The molecule has 0 spiro atoms. The van der Waals surface area contributed by atoms with Gasteiger partial charge in [0.25, 0.3) is 5.91 Å². The summed E-state index contributed by atoms with van der Waals surface area (Å²) in [5.41, 5.74) is 2.58. The summed E-state index contributed by atoms with van der Waals surface area (Å²) < 4.78 is 0. The van der Waals surface area contributed by atoms with Crippen molar-refractivity contribution in [3.05, 3.63) is 53.7 Å². The van der Waals surface area contributed by atoms with E-state index in [4.69, 9.17) is 0 Å². The molecule has 1 amide bonds. The minimum atomic E-state index is -0.159. The van der Waals surface area contributed by atoms with Crippen molar-refractivity contribution in [2.45, 2.75) is 39.7 Å². The lowest BCUT2D eigenvalue weighted by Gasteiger charge is -2.13. The predicted molar refractivity (Wildman–Crippen MR) is 91.5 cm³/mol. The number of pyridine rings is 1. The maximum atomic E-state index is 12.4. The first kappa shape index (κ1) is 16.0. The molecular weight excluding hydrogens is 274 g/mol. The van der Waals surface area contributed by atoms with E-state index in [-0.39, 0.29) is 11.9 Å². The van der Waals surface area contributed by atoms with Crippen molar-refractivity contribution >= 4 is 17.4 Å². The number of aromatic nitrogens is 1. The fourth-order valence-corrected chi connectivity index (χ4v) is 2.13. The van der Waals surface area contributed by atoms with Crippen LogP contribution in [0.3, 0.4) is 0 Å². The highest BCUT2D eigenvalue weighted by Gasteiger charge is 2.13. The summed E-state index contributed by atoms with van der Waals surface area (Å²) >= 11 is 0. The van der Waals surface area contributed by atoms with Crippen LogP contribution in [0.2, 0.25) is 0 Å². The van der Waals surface area contributed by atoms with Crippen LogP contribution in [0.25, 0.3) is 0 Å². The van der Waals surface area contributed by atoms with E-state index in [0.29, 0.717) is 17.3 Å². The van der Waals surface area contributed by atoms with Gasteiger partial charge in [0.1, 0.15) is 5.82 Å². The Bertz CT molecular complexity index is 633. The largest absolute Gasteiger partial charge is 0.367 e. The fraction of sp³-hybridized carbons (Fsp3) is 0.333. The van der Waals surface area contributed by atoms with Gasteiger partial charge in [0, 0.05) is 17.9 Å². The molecule has 0 fully saturated rings. The number of benzene rings is 1. The van der Waals surface area contributed by atoms with Crippen LogP contribution < -0.4 is 10.6 Å². The molecule has 0 atom stereocenters. The topological polar surface area (TPSA) is 54.0 Å². The van der Waals surface area contributed by atoms with Gasteiger partial charge in [0.2, 0.25) is 0 Å². The Hall–Kier alpha value is -2.36. The lowest BCUT2D eigenvalue weighted by molar-refractivity contribution is 0.102. The van der Waals surface area contributed by atoms with E-state index in [0.717, 1.165) is 5.69 Å². The van der Waals surface area contributed by atoms with Crippen LogP contribution in [0.5, 0.6) is 0 Å². The van der Waals surface area contributed by atoms with Gasteiger partial charge >= 0.3 is 0 Å². The first-order valence-corrected chi connectivity index (χ1v) is 7.60. The van der Waals surface area contributed by atoms with Crippen molar-refractivity contribution in [1.82, 2.24) is 4.98 Å². The molecule has 0 aliphatic heterocycles. The Morgan fingerprint density at radius 1 is 1.05 bits per heavy atom. The number of rotatable bonds is 5. The molecule has 1 aromatic carbocycles. The van der Waals surface area contributed by atoms with Crippen LogP contribution >= 0.6 is 0 Å². The maximum Gasteiger partial charge on any atom is 0.259 e. The Kier molecular flexibility index (Phi) is 5.15. The zero-order valence-electron chi connectivity index (χ0n) is 13.6. The highest BCUT2D eigenvalue weighted by molar-refractivity contribution is 6.07. The smallest absolute Gasteiger partial charge is 0.259 e. The van der Waals surface area contributed by atoms with Crippen molar-refractivity contribution in [1.29, 1.82) is 0 Å². The highest BCUT2D eigenvalue weighted by Crippen LogP contribution is 2.19. The second-order valence-corrected chi connectivity index (χ2v) is 5.93. The van der Waals surface area contributed by atoms with Gasteiger partial charge in [0.15, 0.2) is 0 Å². The molecule has 2 aromatic rings. The third kappa shape index (κ3) is 4.07. The zero-order valence-corrected chi connectivity index (χ0v) is 13.6. The molecule has 2 N–H and O–H groups in total. The van der Waals surface area contributed by atoms with Crippen LogP contribution in [-0.2, 0) is 0 Å². The summed E-state index contributed by atoms with van der Waals surface area (Å²) in [6.07, 6.45) is 1.68. The maximum absolute atomic E-state index is 12.4. The van der Waals surface area contributed by atoms with Gasteiger partial charge in [0.05, 0.1) is 5.56 Å². The van der Waals surface area contributed by atoms with Crippen LogP contribution in [0.1, 0.15) is 49.5 Å². The molecule has 0 bridgehead atoms. The molecule has 4 heteroatoms. The van der Waals surface area contributed by atoms with E-state index in [1.54, 1.807) is 18.3 Å². The molecule has 0 aliphatic rings. The second kappa shape index (κ2) is 7.07. The van der Waals surface area contributed by atoms with Crippen molar-refractivity contribution in [3.63, 3.8) is 0 Å². The molecule has 0 saturated heterocycles. The summed E-state index contributed by atoms with van der Waals surface area (Å²) in [4.78, 5) is 16.7. The molecule has 1 aromatic heterocycles. The van der Waals surface area contributed by atoms with Crippen molar-refractivity contribution in [2.24, 2.45) is 0 Å². The third-order valence-corrected chi connectivity index (χ3v) is 3.31. The molecule has 1 heterocycles. The van der Waals surface area contributed by atoms with Gasteiger partial charge in [-0.1, -0.05) is 26.0 Å². The summed E-state index contributed by atoms with van der Waals surface area (Å²) in [5.74, 6) is 0.923. The molecule has 0 aliphatic carbocycles. The first-order valence-electron chi connectivity index (χ1n) is 7.60. The highest BCUT2D eigenvalue weighted by atomic mass is 16.1. The van der Waals surface area contributed by atoms with Crippen LogP contribution in [0, 0.1) is 0 Å². The van der Waals surface area contributed by atoms with Crippen LogP contribution in [0.15, 0.2) is 42.6 Å². The monoisotopic (exact) mass is 297 g/mol. The lowest BCUT2D eigenvalue weighted by atomic mass is 10.0. The fourth-order valence-electron chi connectivity index (χ4n) is 2.13. The summed E-state index contributed by atoms with van der Waals surface area (Å²) in [7, 11) is 0. The van der Waals surface area contributed by atoms with E-state index >= 15 is 0 Å². The number of nitrogens with one attached hydrogen (secondary N) is 2. The van der Waals surface area contributed by atoms with E-state index < -0.39 is 0 Å². The normalized spacial score (nSPS) is 10.8. The number of carbonyl (C=O) groups is 1. The molecule has 116 valence electrons. The number of nitrogens with zero attached hydrogens (tertiary/aromatic N) is 1. The third-order valence-electron chi connectivity index (χ3n) is 3.31. The number of amides is 1. The number of carbonyl (C=O) groups excluding carboxylic acids is 1. The Labute approximate surface area is 132 Å². The Balaban J connectivity index is 2.15. The molecule has 0 unspecified atom stereocenters. The molecule has 4 nitrogen and oxygen atoms in total. The van der Waals surface area contributed by atoms with Gasteiger partial charge < -0.3 is 10.6 Å². The standard InChI is InChI=1S/C18H23N3O/c1-12(2)14-7-9-15(10-8-14)21-18(22)16-6-5-11-19-17(16)20-13(3)4/h5-13H,1-4H3,(H,19,20)(H,21,22). The lowest BCUT2D eigenvalue weighted by Crippen LogP contribution is -2.18.